The Morgan fingerprint density at radius 1 is 0.892 bits per heavy atom. The van der Waals surface area contributed by atoms with Crippen LogP contribution in [-0.2, 0) is 9.59 Å². The third kappa shape index (κ3) is 7.79. The first-order valence-corrected chi connectivity index (χ1v) is 12.8. The Bertz CT molecular complexity index is 1230. The summed E-state index contributed by atoms with van der Waals surface area (Å²) in [6.07, 6.45) is 0. The minimum Gasteiger partial charge on any atom is -0.369 e. The van der Waals surface area contributed by atoms with Crippen LogP contribution in [0.4, 0.5) is 17.3 Å². The minimum atomic E-state index is -0.148. The Hall–Kier alpha value is -3.40. The van der Waals surface area contributed by atoms with Crippen LogP contribution < -0.4 is 20.9 Å². The third-order valence-corrected chi connectivity index (χ3v) is 6.58. The number of amides is 2. The first-order valence-electron chi connectivity index (χ1n) is 12.0. The average molecular weight is 542 g/mol. The minimum absolute atomic E-state index is 0.0970. The predicted molar refractivity (Wildman–Crippen MR) is 148 cm³/mol. The first-order chi connectivity index (χ1) is 17.9. The van der Waals surface area contributed by atoms with E-state index in [0.29, 0.717) is 40.6 Å². The summed E-state index contributed by atoms with van der Waals surface area (Å²) in [6.45, 7) is 5.70. The molecule has 0 unspecified atom stereocenters. The number of carbonyl (C=O) groups is 2. The van der Waals surface area contributed by atoms with Crippen LogP contribution in [0, 0.1) is 0 Å². The summed E-state index contributed by atoms with van der Waals surface area (Å²) in [4.78, 5) is 37.5. The molecule has 2 amide bonds. The molecule has 1 aromatic heterocycles. The SMILES string of the molecule is CC(=O)NCCNc1cc(NC(=O)CN2CCN(c3ccc(Cl)c(Cl)c3)CC2)nc(-c2ccccc2)n1. The van der Waals surface area contributed by atoms with Crippen LogP contribution in [0.3, 0.4) is 0 Å². The van der Waals surface area contributed by atoms with Gasteiger partial charge in [-0.2, -0.15) is 0 Å². The van der Waals surface area contributed by atoms with Gasteiger partial charge < -0.3 is 20.9 Å². The van der Waals surface area contributed by atoms with E-state index in [1.54, 1.807) is 12.1 Å². The van der Waals surface area contributed by atoms with Gasteiger partial charge in [0.2, 0.25) is 11.8 Å². The van der Waals surface area contributed by atoms with E-state index in [9.17, 15) is 9.59 Å². The van der Waals surface area contributed by atoms with Crippen molar-refractivity contribution in [3.8, 4) is 11.4 Å². The van der Waals surface area contributed by atoms with Crippen LogP contribution in [0.15, 0.2) is 54.6 Å². The third-order valence-electron chi connectivity index (χ3n) is 5.84. The van der Waals surface area contributed by atoms with Gasteiger partial charge in [0.1, 0.15) is 11.6 Å². The van der Waals surface area contributed by atoms with E-state index in [1.807, 2.05) is 42.5 Å². The molecule has 2 aromatic carbocycles. The van der Waals surface area contributed by atoms with Gasteiger partial charge in [0.25, 0.3) is 0 Å². The first kappa shape index (κ1) is 26.7. The van der Waals surface area contributed by atoms with Crippen molar-refractivity contribution >= 4 is 52.3 Å². The molecule has 2 heterocycles. The predicted octanol–water partition coefficient (Wildman–Crippen LogP) is 3.76. The molecule has 11 heteroatoms. The van der Waals surface area contributed by atoms with Gasteiger partial charge in [-0.05, 0) is 18.2 Å². The van der Waals surface area contributed by atoms with Gasteiger partial charge in [0, 0.05) is 63.5 Å². The van der Waals surface area contributed by atoms with Gasteiger partial charge in [0.05, 0.1) is 16.6 Å². The molecule has 0 radical (unpaired) electrons. The second-order valence-corrected chi connectivity index (χ2v) is 9.46. The number of carbonyl (C=O) groups excluding carboxylic acids is 2. The quantitative estimate of drug-likeness (QED) is 0.354. The molecule has 1 saturated heterocycles. The van der Waals surface area contributed by atoms with Crippen LogP contribution in [0.2, 0.25) is 10.0 Å². The molecule has 4 rings (SSSR count). The molecule has 0 aliphatic carbocycles. The van der Waals surface area contributed by atoms with E-state index in [2.05, 4.69) is 35.7 Å². The topological polar surface area (TPSA) is 102 Å². The number of anilines is 3. The smallest absolute Gasteiger partial charge is 0.239 e. The number of benzene rings is 2. The molecule has 9 nitrogen and oxygen atoms in total. The van der Waals surface area contributed by atoms with Crippen molar-refractivity contribution in [2.45, 2.75) is 6.92 Å². The second kappa shape index (κ2) is 12.7. The molecule has 37 heavy (non-hydrogen) atoms. The molecule has 3 aromatic rings. The second-order valence-electron chi connectivity index (χ2n) is 8.65. The molecule has 1 aliphatic heterocycles. The summed E-state index contributed by atoms with van der Waals surface area (Å²) in [5.74, 6) is 1.22. The van der Waals surface area contributed by atoms with Crippen molar-refractivity contribution in [3.05, 3.63) is 64.6 Å². The number of nitrogens with one attached hydrogen (secondary N) is 3. The number of rotatable bonds is 9. The number of aromatic nitrogens is 2. The van der Waals surface area contributed by atoms with Crippen molar-refractivity contribution in [2.75, 3.05) is 61.3 Å². The fourth-order valence-electron chi connectivity index (χ4n) is 3.98. The van der Waals surface area contributed by atoms with Crippen LogP contribution in [0.25, 0.3) is 11.4 Å². The fourth-order valence-corrected chi connectivity index (χ4v) is 4.27. The van der Waals surface area contributed by atoms with Crippen molar-refractivity contribution in [2.24, 2.45) is 0 Å². The summed E-state index contributed by atoms with van der Waals surface area (Å²) < 4.78 is 0. The van der Waals surface area contributed by atoms with E-state index in [-0.39, 0.29) is 18.4 Å². The van der Waals surface area contributed by atoms with Gasteiger partial charge >= 0.3 is 0 Å². The zero-order valence-electron chi connectivity index (χ0n) is 20.5. The van der Waals surface area contributed by atoms with Gasteiger partial charge in [-0.25, -0.2) is 9.97 Å². The van der Waals surface area contributed by atoms with Crippen LogP contribution >= 0.6 is 23.2 Å². The molecule has 0 bridgehead atoms. The monoisotopic (exact) mass is 541 g/mol. The maximum absolute atomic E-state index is 12.9. The molecule has 0 spiro atoms. The molecule has 1 fully saturated rings. The summed E-state index contributed by atoms with van der Waals surface area (Å²) >= 11 is 12.2. The molecule has 0 saturated carbocycles. The lowest BCUT2D eigenvalue weighted by Crippen LogP contribution is -2.48. The van der Waals surface area contributed by atoms with E-state index >= 15 is 0 Å². The highest BCUT2D eigenvalue weighted by Gasteiger charge is 2.20. The zero-order valence-corrected chi connectivity index (χ0v) is 22.0. The summed E-state index contributed by atoms with van der Waals surface area (Å²) in [5, 5.41) is 9.90. The zero-order chi connectivity index (χ0) is 26.2. The highest BCUT2D eigenvalue weighted by Crippen LogP contribution is 2.28. The molecule has 194 valence electrons. The maximum atomic E-state index is 12.9. The highest BCUT2D eigenvalue weighted by atomic mass is 35.5. The van der Waals surface area contributed by atoms with Crippen molar-refractivity contribution in [1.82, 2.24) is 20.2 Å². The van der Waals surface area contributed by atoms with Crippen LogP contribution in [0.1, 0.15) is 6.92 Å². The largest absolute Gasteiger partial charge is 0.369 e. The van der Waals surface area contributed by atoms with Gasteiger partial charge in [0.15, 0.2) is 5.82 Å². The van der Waals surface area contributed by atoms with E-state index in [1.165, 1.54) is 6.92 Å². The molecule has 3 N–H and O–H groups in total. The van der Waals surface area contributed by atoms with Crippen molar-refractivity contribution in [1.29, 1.82) is 0 Å². The van der Waals surface area contributed by atoms with Gasteiger partial charge in [-0.1, -0.05) is 53.5 Å². The van der Waals surface area contributed by atoms with E-state index in [4.69, 9.17) is 23.2 Å². The molecular formula is C26H29Cl2N7O2. The lowest BCUT2D eigenvalue weighted by Gasteiger charge is -2.35. The Morgan fingerprint density at radius 2 is 1.62 bits per heavy atom. The summed E-state index contributed by atoms with van der Waals surface area (Å²) in [7, 11) is 0. The Labute approximate surface area is 226 Å². The lowest BCUT2D eigenvalue weighted by molar-refractivity contribution is -0.119. The number of piperazine rings is 1. The Balaban J connectivity index is 1.37. The number of nitrogens with zero attached hydrogens (tertiary/aromatic N) is 4. The van der Waals surface area contributed by atoms with Crippen molar-refractivity contribution in [3.63, 3.8) is 0 Å². The lowest BCUT2D eigenvalue weighted by atomic mass is 10.2. The van der Waals surface area contributed by atoms with Crippen LogP contribution in [0.5, 0.6) is 0 Å². The standard InChI is InChI=1S/C26H29Cl2N7O2/c1-18(36)29-9-10-30-23-16-24(33-26(32-23)19-5-3-2-4-6-19)31-25(37)17-34-11-13-35(14-12-34)20-7-8-21(27)22(28)15-20/h2-8,15-16H,9-14,17H2,1H3,(H,29,36)(H2,30,31,32,33,37). The highest BCUT2D eigenvalue weighted by molar-refractivity contribution is 6.42. The van der Waals surface area contributed by atoms with Crippen molar-refractivity contribution < 1.29 is 9.59 Å². The Morgan fingerprint density at radius 3 is 2.32 bits per heavy atom. The normalized spacial score (nSPS) is 13.8. The maximum Gasteiger partial charge on any atom is 0.239 e. The van der Waals surface area contributed by atoms with E-state index in [0.717, 1.165) is 37.4 Å². The summed E-state index contributed by atoms with van der Waals surface area (Å²) in [5.41, 5.74) is 1.85. The number of hydrogen-bond donors (Lipinski definition) is 3. The van der Waals surface area contributed by atoms with E-state index < -0.39 is 0 Å². The van der Waals surface area contributed by atoms with Gasteiger partial charge in [-0.3, -0.25) is 14.5 Å². The molecular weight excluding hydrogens is 513 g/mol. The molecule has 0 atom stereocenters. The van der Waals surface area contributed by atoms with Crippen LogP contribution in [-0.4, -0.2) is 72.5 Å². The average Bonchev–Trinajstić information content (AvgIpc) is 2.89. The number of halogens is 2. The fraction of sp³-hybridized carbons (Fsp3) is 0.308. The Kier molecular flexibility index (Phi) is 9.16. The summed E-state index contributed by atoms with van der Waals surface area (Å²) in [6, 6.07) is 16.9. The van der Waals surface area contributed by atoms with Gasteiger partial charge in [-0.15, -0.1) is 0 Å². The number of hydrogen-bond acceptors (Lipinski definition) is 7. The molecule has 1 aliphatic rings.